The Morgan fingerprint density at radius 3 is 1.97 bits per heavy atom. The predicted molar refractivity (Wildman–Crippen MR) is 125 cm³/mol. The lowest BCUT2D eigenvalue weighted by Crippen LogP contribution is -2.29. The Labute approximate surface area is 185 Å². The number of aliphatic hydroxyl groups is 1. The van der Waals surface area contributed by atoms with E-state index in [0.29, 0.717) is 19.4 Å². The third-order valence-corrected chi connectivity index (χ3v) is 5.58. The van der Waals surface area contributed by atoms with Crippen molar-refractivity contribution in [3.63, 3.8) is 0 Å². The van der Waals surface area contributed by atoms with Crippen molar-refractivity contribution in [1.82, 2.24) is 4.90 Å². The predicted octanol–water partition coefficient (Wildman–Crippen LogP) is 5.67. The third-order valence-electron chi connectivity index (χ3n) is 5.58. The van der Waals surface area contributed by atoms with Crippen LogP contribution in [0.2, 0.25) is 0 Å². The molecule has 0 aliphatic carbocycles. The van der Waals surface area contributed by atoms with Gasteiger partial charge in [0.25, 0.3) is 0 Å². The van der Waals surface area contributed by atoms with Gasteiger partial charge < -0.3 is 19.5 Å². The number of hydrogen-bond donors (Lipinski definition) is 1. The van der Waals surface area contributed by atoms with Gasteiger partial charge in [0.2, 0.25) is 0 Å². The fourth-order valence-electron chi connectivity index (χ4n) is 3.67. The molecule has 0 aromatic heterocycles. The van der Waals surface area contributed by atoms with Gasteiger partial charge in [0, 0.05) is 19.4 Å². The summed E-state index contributed by atoms with van der Waals surface area (Å²) in [6, 6.07) is 0. The van der Waals surface area contributed by atoms with Gasteiger partial charge in [0.05, 0.1) is 13.2 Å². The summed E-state index contributed by atoms with van der Waals surface area (Å²) in [6.07, 6.45) is 19.5. The van der Waals surface area contributed by atoms with Gasteiger partial charge in [-0.15, -0.1) is 0 Å². The van der Waals surface area contributed by atoms with Gasteiger partial charge in [-0.25, -0.2) is 0 Å². The molecule has 0 aliphatic heterocycles. The molecule has 0 radical (unpaired) electrons. The minimum absolute atomic E-state index is 0.0373. The number of ether oxygens (including phenoxy) is 1. The molecule has 0 fully saturated rings. The van der Waals surface area contributed by atoms with Crippen LogP contribution in [0.5, 0.6) is 0 Å². The second kappa shape index (κ2) is 24.3. The van der Waals surface area contributed by atoms with E-state index in [1.807, 2.05) is 0 Å². The number of carbonyl (C=O) groups excluding carboxylic acids is 2. The molecule has 1 N–H and O–H groups in total. The van der Waals surface area contributed by atoms with Crippen molar-refractivity contribution in [2.75, 3.05) is 32.8 Å². The first-order valence-electron chi connectivity index (χ1n) is 12.7. The molecule has 30 heavy (non-hydrogen) atoms. The molecular formula is C25H49NO4. The zero-order valence-electron chi connectivity index (χ0n) is 19.8. The number of carbonyl (C=O) groups is 2. The smallest absolute Gasteiger partial charge is 0.305 e. The fourth-order valence-corrected chi connectivity index (χ4v) is 3.67. The van der Waals surface area contributed by atoms with Crippen LogP contribution in [0.1, 0.15) is 116 Å². The van der Waals surface area contributed by atoms with Crippen LogP contribution in [-0.4, -0.2) is 55.1 Å². The van der Waals surface area contributed by atoms with Crippen molar-refractivity contribution in [3.05, 3.63) is 0 Å². The van der Waals surface area contributed by atoms with E-state index in [-0.39, 0.29) is 12.6 Å². The fraction of sp³-hybridized carbons (Fsp3) is 0.920. The average molecular weight is 428 g/mol. The van der Waals surface area contributed by atoms with E-state index in [0.717, 1.165) is 77.3 Å². The van der Waals surface area contributed by atoms with Crippen LogP contribution < -0.4 is 0 Å². The number of aldehydes is 1. The highest BCUT2D eigenvalue weighted by molar-refractivity contribution is 5.69. The van der Waals surface area contributed by atoms with Gasteiger partial charge in [-0.3, -0.25) is 4.79 Å². The number of nitrogens with zero attached hydrogens (tertiary/aromatic N) is 1. The molecule has 0 rings (SSSR count). The third kappa shape index (κ3) is 21.8. The molecule has 0 spiro atoms. The van der Waals surface area contributed by atoms with E-state index >= 15 is 0 Å². The Kier molecular flexibility index (Phi) is 23.6. The molecule has 0 aliphatic rings. The maximum atomic E-state index is 11.8. The van der Waals surface area contributed by atoms with Crippen molar-refractivity contribution >= 4 is 12.3 Å². The average Bonchev–Trinajstić information content (AvgIpc) is 2.74. The van der Waals surface area contributed by atoms with Crippen molar-refractivity contribution in [2.24, 2.45) is 0 Å². The minimum Gasteiger partial charge on any atom is -0.466 e. The number of hydrogen-bond acceptors (Lipinski definition) is 5. The van der Waals surface area contributed by atoms with E-state index in [4.69, 9.17) is 4.74 Å². The molecular weight excluding hydrogens is 378 g/mol. The number of esters is 1. The highest BCUT2D eigenvalue weighted by atomic mass is 16.5. The Hall–Kier alpha value is -0.940. The summed E-state index contributed by atoms with van der Waals surface area (Å²) in [5, 5.41) is 9.21. The maximum Gasteiger partial charge on any atom is 0.305 e. The van der Waals surface area contributed by atoms with Gasteiger partial charge in [0.15, 0.2) is 0 Å². The molecule has 0 heterocycles. The van der Waals surface area contributed by atoms with Crippen LogP contribution in [0, 0.1) is 0 Å². The summed E-state index contributed by atoms with van der Waals surface area (Å²) in [4.78, 5) is 24.4. The molecule has 0 saturated carbocycles. The quantitative estimate of drug-likeness (QED) is 0.122. The molecule has 0 saturated heterocycles. The first-order valence-corrected chi connectivity index (χ1v) is 12.7. The topological polar surface area (TPSA) is 66.8 Å². The number of unbranched alkanes of at least 4 members (excludes halogenated alkanes) is 13. The Bertz CT molecular complexity index is 376. The van der Waals surface area contributed by atoms with Crippen LogP contribution in [0.4, 0.5) is 0 Å². The summed E-state index contributed by atoms with van der Waals surface area (Å²) < 4.78 is 5.33. The second-order valence-corrected chi connectivity index (χ2v) is 8.44. The molecule has 0 aromatic rings. The van der Waals surface area contributed by atoms with E-state index in [2.05, 4.69) is 11.8 Å². The highest BCUT2D eigenvalue weighted by Gasteiger charge is 2.05. The van der Waals surface area contributed by atoms with Crippen LogP contribution in [0.25, 0.3) is 0 Å². The molecule has 178 valence electrons. The molecule has 0 unspecified atom stereocenters. The zero-order valence-corrected chi connectivity index (χ0v) is 19.8. The van der Waals surface area contributed by atoms with Gasteiger partial charge in [-0.1, -0.05) is 71.1 Å². The van der Waals surface area contributed by atoms with E-state index < -0.39 is 0 Å². The largest absolute Gasteiger partial charge is 0.466 e. The van der Waals surface area contributed by atoms with Crippen LogP contribution in [-0.2, 0) is 14.3 Å². The zero-order chi connectivity index (χ0) is 22.1. The van der Waals surface area contributed by atoms with Crippen molar-refractivity contribution < 1.29 is 19.4 Å². The standard InChI is InChI=1S/C25H49NO4/c1-2-3-4-5-6-12-17-24-30-25(29)18-13-8-7-9-14-19-26(21-23-28)20-15-10-11-16-22-27/h22,28H,2-21,23-24H2,1H3. The van der Waals surface area contributed by atoms with Gasteiger partial charge in [-0.05, 0) is 45.2 Å². The van der Waals surface area contributed by atoms with Crippen molar-refractivity contribution in [1.29, 1.82) is 0 Å². The summed E-state index contributed by atoms with van der Waals surface area (Å²) in [5.41, 5.74) is 0. The van der Waals surface area contributed by atoms with Crippen LogP contribution in [0.15, 0.2) is 0 Å². The molecule has 5 nitrogen and oxygen atoms in total. The van der Waals surface area contributed by atoms with Gasteiger partial charge >= 0.3 is 5.97 Å². The van der Waals surface area contributed by atoms with Gasteiger partial charge in [-0.2, -0.15) is 0 Å². The molecule has 5 heteroatoms. The van der Waals surface area contributed by atoms with Gasteiger partial charge in [0.1, 0.15) is 6.29 Å². The maximum absolute atomic E-state index is 11.8. The second-order valence-electron chi connectivity index (χ2n) is 8.44. The summed E-state index contributed by atoms with van der Waals surface area (Å²) >= 11 is 0. The molecule has 0 atom stereocenters. The summed E-state index contributed by atoms with van der Waals surface area (Å²) in [7, 11) is 0. The Morgan fingerprint density at radius 1 is 0.767 bits per heavy atom. The number of aliphatic hydroxyl groups excluding tert-OH is 1. The Balaban J connectivity index is 3.46. The van der Waals surface area contributed by atoms with Crippen molar-refractivity contribution in [3.8, 4) is 0 Å². The Morgan fingerprint density at radius 2 is 1.33 bits per heavy atom. The molecule has 0 bridgehead atoms. The van der Waals surface area contributed by atoms with E-state index in [1.54, 1.807) is 0 Å². The molecule has 0 amide bonds. The van der Waals surface area contributed by atoms with Crippen molar-refractivity contribution in [2.45, 2.75) is 116 Å². The lowest BCUT2D eigenvalue weighted by atomic mass is 10.1. The summed E-state index contributed by atoms with van der Waals surface area (Å²) in [6.45, 7) is 5.78. The van der Waals surface area contributed by atoms with Crippen LogP contribution in [0.3, 0.4) is 0 Å². The normalized spacial score (nSPS) is 11.2. The van der Waals surface area contributed by atoms with Crippen LogP contribution >= 0.6 is 0 Å². The lowest BCUT2D eigenvalue weighted by molar-refractivity contribution is -0.143. The van der Waals surface area contributed by atoms with E-state index in [9.17, 15) is 14.7 Å². The first kappa shape index (κ1) is 29.1. The molecule has 0 aromatic carbocycles. The SMILES string of the molecule is CCCCCCCCCOC(=O)CCCCCCCN(CCO)CCCCCC=O. The summed E-state index contributed by atoms with van der Waals surface area (Å²) in [5.74, 6) is -0.0373. The highest BCUT2D eigenvalue weighted by Crippen LogP contribution is 2.10. The minimum atomic E-state index is -0.0373. The first-order chi connectivity index (χ1) is 14.7. The lowest BCUT2D eigenvalue weighted by Gasteiger charge is -2.21. The number of rotatable bonds is 24. The van der Waals surface area contributed by atoms with E-state index in [1.165, 1.54) is 44.9 Å². The monoisotopic (exact) mass is 427 g/mol.